The number of nitrogens with zero attached hydrogens (tertiary/aromatic N) is 3. The number of carbonyl (C=O) groups excluding carboxylic acids is 2. The van der Waals surface area contributed by atoms with Crippen LogP contribution < -0.4 is 10.6 Å². The molecule has 0 fully saturated rings. The molecular weight excluding hydrogens is 282 g/mol. The molecule has 2 heterocycles. The highest BCUT2D eigenvalue weighted by Crippen LogP contribution is 2.25. The highest BCUT2D eigenvalue weighted by atomic mass is 16.2. The summed E-state index contributed by atoms with van der Waals surface area (Å²) in [6.07, 6.45) is 0.0224. The average Bonchev–Trinajstić information content (AvgIpc) is 2.86. The van der Waals surface area contributed by atoms with E-state index in [0.29, 0.717) is 11.8 Å². The minimum atomic E-state index is -0.651. The minimum absolute atomic E-state index is 0.0224. The van der Waals surface area contributed by atoms with Gasteiger partial charge in [-0.25, -0.2) is 4.68 Å². The fourth-order valence-electron chi connectivity index (χ4n) is 2.65. The van der Waals surface area contributed by atoms with E-state index in [0.717, 1.165) is 16.8 Å². The Balaban J connectivity index is 1.73. The number of rotatable bonds is 3. The van der Waals surface area contributed by atoms with Crippen molar-refractivity contribution in [3.63, 3.8) is 0 Å². The van der Waals surface area contributed by atoms with E-state index in [1.165, 1.54) is 4.68 Å². The molecule has 0 saturated heterocycles. The number of fused-ring (bicyclic) bond motifs is 1. The van der Waals surface area contributed by atoms with Crippen LogP contribution in [0, 0.1) is 20.8 Å². The van der Waals surface area contributed by atoms with E-state index in [2.05, 4.69) is 20.7 Å². The second-order valence-electron chi connectivity index (χ2n) is 5.56. The molecule has 2 aromatic rings. The number of hydrogen-bond donors (Lipinski definition) is 2. The molecule has 2 N–H and O–H groups in total. The quantitative estimate of drug-likeness (QED) is 0.903. The van der Waals surface area contributed by atoms with Crippen LogP contribution in [-0.4, -0.2) is 26.6 Å². The molecule has 0 saturated carbocycles. The van der Waals surface area contributed by atoms with Crippen LogP contribution in [0.1, 0.15) is 29.4 Å². The lowest BCUT2D eigenvalue weighted by molar-refractivity contribution is -0.123. The van der Waals surface area contributed by atoms with Crippen molar-refractivity contribution in [2.75, 3.05) is 10.6 Å². The molecule has 1 aliphatic heterocycles. The Hall–Kier alpha value is -2.70. The molecule has 114 valence electrons. The van der Waals surface area contributed by atoms with Crippen molar-refractivity contribution in [3.05, 3.63) is 35.2 Å². The van der Waals surface area contributed by atoms with E-state index >= 15 is 0 Å². The van der Waals surface area contributed by atoms with Crippen LogP contribution >= 0.6 is 0 Å². The highest BCUT2D eigenvalue weighted by Gasteiger charge is 2.34. The van der Waals surface area contributed by atoms with Gasteiger partial charge >= 0.3 is 0 Å². The highest BCUT2D eigenvalue weighted by molar-refractivity contribution is 6.00. The Morgan fingerprint density at radius 1 is 1.27 bits per heavy atom. The van der Waals surface area contributed by atoms with Crippen molar-refractivity contribution in [1.29, 1.82) is 0 Å². The number of nitrogens with one attached hydrogen (secondary N) is 2. The van der Waals surface area contributed by atoms with Crippen molar-refractivity contribution in [2.45, 2.75) is 33.2 Å². The van der Waals surface area contributed by atoms with E-state index in [-0.39, 0.29) is 18.2 Å². The first-order chi connectivity index (χ1) is 10.4. The van der Waals surface area contributed by atoms with Gasteiger partial charge in [0.1, 0.15) is 11.9 Å². The van der Waals surface area contributed by atoms with Gasteiger partial charge in [-0.3, -0.25) is 14.9 Å². The van der Waals surface area contributed by atoms with E-state index in [4.69, 9.17) is 0 Å². The largest absolute Gasteiger partial charge is 0.326 e. The lowest BCUT2D eigenvalue weighted by Gasteiger charge is -2.11. The molecule has 1 atom stereocenters. The normalized spacial score (nSPS) is 16.3. The Morgan fingerprint density at radius 2 is 1.95 bits per heavy atom. The zero-order valence-corrected chi connectivity index (χ0v) is 12.7. The van der Waals surface area contributed by atoms with Crippen molar-refractivity contribution >= 4 is 23.5 Å². The van der Waals surface area contributed by atoms with E-state index in [1.54, 1.807) is 6.92 Å². The van der Waals surface area contributed by atoms with Crippen molar-refractivity contribution in [2.24, 2.45) is 0 Å². The number of anilines is 2. The third-order valence-corrected chi connectivity index (χ3v) is 3.45. The van der Waals surface area contributed by atoms with Crippen LogP contribution in [0.3, 0.4) is 0 Å². The van der Waals surface area contributed by atoms with Crippen LogP contribution in [0.15, 0.2) is 18.2 Å². The van der Waals surface area contributed by atoms with Gasteiger partial charge in [-0.1, -0.05) is 6.07 Å². The average molecular weight is 299 g/mol. The smallest absolute Gasteiger partial charge is 0.252 e. The predicted octanol–water partition coefficient (Wildman–Crippen LogP) is 1.73. The molecule has 1 aliphatic rings. The second kappa shape index (κ2) is 5.25. The van der Waals surface area contributed by atoms with Gasteiger partial charge in [-0.15, -0.1) is 0 Å². The van der Waals surface area contributed by atoms with Crippen LogP contribution in [-0.2, 0) is 9.59 Å². The van der Waals surface area contributed by atoms with Gasteiger partial charge < -0.3 is 5.32 Å². The summed E-state index contributed by atoms with van der Waals surface area (Å²) in [5.41, 5.74) is 2.88. The fourth-order valence-corrected chi connectivity index (χ4v) is 2.65. The Kier molecular flexibility index (Phi) is 3.40. The third kappa shape index (κ3) is 2.69. The van der Waals surface area contributed by atoms with Gasteiger partial charge in [-0.05, 0) is 44.0 Å². The van der Waals surface area contributed by atoms with Gasteiger partial charge in [0, 0.05) is 5.69 Å². The first-order valence-corrected chi connectivity index (χ1v) is 7.04. The minimum Gasteiger partial charge on any atom is -0.326 e. The fraction of sp³-hybridized carbons (Fsp3) is 0.333. The zero-order chi connectivity index (χ0) is 15.9. The number of aryl methyl sites for hydroxylation is 3. The molecule has 0 spiro atoms. The molecule has 2 amide bonds. The van der Waals surface area contributed by atoms with Crippen LogP contribution in [0.25, 0.3) is 0 Å². The summed E-state index contributed by atoms with van der Waals surface area (Å²) in [5.74, 6) is 0.471. The summed E-state index contributed by atoms with van der Waals surface area (Å²) in [7, 11) is 0. The molecule has 7 heteroatoms. The summed E-state index contributed by atoms with van der Waals surface area (Å²) in [6, 6.07) is 5.17. The zero-order valence-electron chi connectivity index (χ0n) is 12.7. The summed E-state index contributed by atoms with van der Waals surface area (Å²) in [6.45, 7) is 5.68. The monoisotopic (exact) mass is 299 g/mol. The van der Waals surface area contributed by atoms with Crippen molar-refractivity contribution < 1.29 is 9.59 Å². The standard InChI is InChI=1S/C15H17N5O2/c1-8-4-9(2)6-11(5-8)17-13(21)7-12-14(22)18-15-16-10(3)19-20(12)15/h4-6,12H,7H2,1-3H3,(H,17,21)(H,16,18,19,22)/t12-/m0/s1. The maximum Gasteiger partial charge on any atom is 0.252 e. The Morgan fingerprint density at radius 3 is 2.64 bits per heavy atom. The van der Waals surface area contributed by atoms with E-state index < -0.39 is 6.04 Å². The van der Waals surface area contributed by atoms with Crippen LogP contribution in [0.4, 0.5) is 11.6 Å². The Labute approximate surface area is 127 Å². The first-order valence-electron chi connectivity index (χ1n) is 7.04. The Bertz CT molecular complexity index is 745. The van der Waals surface area contributed by atoms with E-state index in [9.17, 15) is 9.59 Å². The molecule has 0 bridgehead atoms. The molecule has 0 aliphatic carbocycles. The van der Waals surface area contributed by atoms with Gasteiger partial charge in [-0.2, -0.15) is 10.1 Å². The van der Waals surface area contributed by atoms with E-state index in [1.807, 2.05) is 32.0 Å². The molecule has 1 aromatic carbocycles. The summed E-state index contributed by atoms with van der Waals surface area (Å²) >= 11 is 0. The number of amides is 2. The molecule has 3 rings (SSSR count). The lowest BCUT2D eigenvalue weighted by atomic mass is 10.1. The molecule has 1 aromatic heterocycles. The maximum absolute atomic E-state index is 12.2. The SMILES string of the molecule is Cc1cc(C)cc(NC(=O)C[C@H]2C(=O)Nc3nc(C)nn32)c1. The van der Waals surface area contributed by atoms with Crippen molar-refractivity contribution in [3.8, 4) is 0 Å². The van der Waals surface area contributed by atoms with Crippen molar-refractivity contribution in [1.82, 2.24) is 14.8 Å². The molecule has 22 heavy (non-hydrogen) atoms. The third-order valence-electron chi connectivity index (χ3n) is 3.45. The topological polar surface area (TPSA) is 88.9 Å². The number of aromatic nitrogens is 3. The predicted molar refractivity (Wildman–Crippen MR) is 81.6 cm³/mol. The van der Waals surface area contributed by atoms with Crippen LogP contribution in [0.2, 0.25) is 0 Å². The molecular formula is C15H17N5O2. The van der Waals surface area contributed by atoms with Gasteiger partial charge in [0.15, 0.2) is 0 Å². The molecule has 0 unspecified atom stereocenters. The van der Waals surface area contributed by atoms with Crippen LogP contribution in [0.5, 0.6) is 0 Å². The number of carbonyl (C=O) groups is 2. The summed E-state index contributed by atoms with van der Waals surface area (Å²) < 4.78 is 1.47. The maximum atomic E-state index is 12.2. The number of hydrogen-bond acceptors (Lipinski definition) is 4. The summed E-state index contributed by atoms with van der Waals surface area (Å²) in [4.78, 5) is 28.2. The molecule has 7 nitrogen and oxygen atoms in total. The lowest BCUT2D eigenvalue weighted by Crippen LogP contribution is -2.23. The molecule has 0 radical (unpaired) electrons. The summed E-state index contributed by atoms with van der Waals surface area (Å²) in [5, 5.41) is 9.61. The first kappa shape index (κ1) is 14.2. The number of benzene rings is 1. The van der Waals surface area contributed by atoms with Gasteiger partial charge in [0.05, 0.1) is 6.42 Å². The van der Waals surface area contributed by atoms with Gasteiger partial charge in [0.2, 0.25) is 11.9 Å². The second-order valence-corrected chi connectivity index (χ2v) is 5.56. The van der Waals surface area contributed by atoms with Gasteiger partial charge in [0.25, 0.3) is 5.91 Å².